The fourth-order valence-electron chi connectivity index (χ4n) is 4.50. The van der Waals surface area contributed by atoms with Gasteiger partial charge in [0.2, 0.25) is 0 Å². The van der Waals surface area contributed by atoms with E-state index in [2.05, 4.69) is 32.1 Å². The van der Waals surface area contributed by atoms with Crippen molar-refractivity contribution in [2.75, 3.05) is 13.2 Å². The summed E-state index contributed by atoms with van der Waals surface area (Å²) in [4.78, 5) is 24.1. The van der Waals surface area contributed by atoms with Crippen molar-refractivity contribution in [1.82, 2.24) is 0 Å². The van der Waals surface area contributed by atoms with Crippen LogP contribution in [-0.4, -0.2) is 47.6 Å². The number of hydrogen-bond donors (Lipinski definition) is 2. The van der Waals surface area contributed by atoms with Crippen LogP contribution >= 0.6 is 0 Å². The molecule has 6 heteroatoms. The Bertz CT molecular complexity index is 684. The lowest BCUT2D eigenvalue weighted by Crippen LogP contribution is -2.28. The molecule has 1 unspecified atom stereocenters. The van der Waals surface area contributed by atoms with Crippen LogP contribution in [0.1, 0.15) is 149 Å². The Balaban J connectivity index is 3.70. The highest BCUT2D eigenvalue weighted by molar-refractivity contribution is 5.70. The second kappa shape index (κ2) is 31.0. The largest absolute Gasteiger partial charge is 0.462 e. The summed E-state index contributed by atoms with van der Waals surface area (Å²) < 4.78 is 10.5. The van der Waals surface area contributed by atoms with Crippen molar-refractivity contribution < 1.29 is 29.3 Å². The van der Waals surface area contributed by atoms with Crippen LogP contribution in [0, 0.1) is 0 Å². The first kappa shape index (κ1) is 39.1. The number of ether oxygens (including phenoxy) is 2. The zero-order valence-corrected chi connectivity index (χ0v) is 26.4. The van der Waals surface area contributed by atoms with Gasteiger partial charge >= 0.3 is 11.9 Å². The summed E-state index contributed by atoms with van der Waals surface area (Å²) in [5.41, 5.74) is 0. The number of carbonyl (C=O) groups is 2. The Morgan fingerprint density at radius 3 is 1.83 bits per heavy atom. The molecule has 0 bridgehead atoms. The first-order valence-electron chi connectivity index (χ1n) is 16.7. The Hall–Kier alpha value is -1.92. The Kier molecular flexibility index (Phi) is 29.6. The van der Waals surface area contributed by atoms with Gasteiger partial charge in [-0.1, -0.05) is 140 Å². The summed E-state index contributed by atoms with van der Waals surface area (Å²) >= 11 is 0. The molecule has 238 valence electrons. The van der Waals surface area contributed by atoms with Gasteiger partial charge in [-0.2, -0.15) is 0 Å². The lowest BCUT2D eigenvalue weighted by atomic mass is 10.1. The van der Waals surface area contributed by atoms with Crippen LogP contribution in [0.2, 0.25) is 0 Å². The molecule has 0 aromatic heterocycles. The molecule has 0 aromatic rings. The molecule has 2 N–H and O–H groups in total. The number of carbonyl (C=O) groups excluding carboxylic acids is 2. The average Bonchev–Trinajstić information content (AvgIpc) is 2.97. The number of unbranched alkanes of at least 4 members (excludes halogenated alkanes) is 14. The highest BCUT2D eigenvalue weighted by atomic mass is 16.6. The summed E-state index contributed by atoms with van der Waals surface area (Å²) in [6, 6.07) is 0. The first-order valence-corrected chi connectivity index (χ1v) is 16.7. The number of allylic oxidation sites excluding steroid dienone is 5. The van der Waals surface area contributed by atoms with Crippen molar-refractivity contribution in [3.63, 3.8) is 0 Å². The standard InChI is InChI=1S/C35H62O6/c1-3-5-7-9-11-12-13-14-16-20-25-29-35(39)41-33(30-36)31-40-34(38)28-24-21-17-19-23-27-32(37)26-22-18-15-10-8-6-4-2/h6,8,15,18,22,26,32-33,36-37H,3-5,7,9-14,16-17,19-21,23-25,27-31H2,1-2H3/b8-6+,18-15+,26-22+/t32?,33-/m0/s1. The van der Waals surface area contributed by atoms with E-state index in [0.29, 0.717) is 12.8 Å². The van der Waals surface area contributed by atoms with Crippen LogP contribution in [-0.2, 0) is 19.1 Å². The molecule has 0 aromatic carbocycles. The average molecular weight is 579 g/mol. The Labute approximate surface area is 251 Å². The van der Waals surface area contributed by atoms with E-state index in [1.54, 1.807) is 0 Å². The maximum absolute atomic E-state index is 12.1. The predicted molar refractivity (Wildman–Crippen MR) is 170 cm³/mol. The third-order valence-electron chi connectivity index (χ3n) is 7.05. The number of hydrogen-bond acceptors (Lipinski definition) is 6. The predicted octanol–water partition coefficient (Wildman–Crippen LogP) is 8.70. The fourth-order valence-corrected chi connectivity index (χ4v) is 4.50. The number of aliphatic hydroxyl groups is 2. The van der Waals surface area contributed by atoms with Crippen molar-refractivity contribution in [1.29, 1.82) is 0 Å². The SMILES string of the molecule is CC/C=C/C/C=C/C=C/C(O)CCCCCCCC(=O)OC[C@H](CO)OC(=O)CCCCCCCCCCCCC. The van der Waals surface area contributed by atoms with Crippen LogP contribution in [0.3, 0.4) is 0 Å². The van der Waals surface area contributed by atoms with Crippen LogP contribution in [0.5, 0.6) is 0 Å². The smallest absolute Gasteiger partial charge is 0.306 e. The number of rotatable bonds is 29. The minimum absolute atomic E-state index is 0.102. The van der Waals surface area contributed by atoms with E-state index in [1.807, 2.05) is 18.2 Å². The summed E-state index contributed by atoms with van der Waals surface area (Å²) in [6.45, 7) is 3.89. The van der Waals surface area contributed by atoms with E-state index in [0.717, 1.165) is 70.6 Å². The van der Waals surface area contributed by atoms with Gasteiger partial charge in [0.1, 0.15) is 6.61 Å². The van der Waals surface area contributed by atoms with Crippen LogP contribution < -0.4 is 0 Å². The van der Waals surface area contributed by atoms with Crippen molar-refractivity contribution >= 4 is 11.9 Å². The molecule has 0 aliphatic carbocycles. The quantitative estimate of drug-likeness (QED) is 0.0399. The van der Waals surface area contributed by atoms with Crippen LogP contribution in [0.4, 0.5) is 0 Å². The summed E-state index contributed by atoms with van der Waals surface area (Å²) in [6.07, 6.45) is 32.2. The molecule has 0 heterocycles. The first-order chi connectivity index (χ1) is 20.0. The maximum atomic E-state index is 12.1. The van der Waals surface area contributed by atoms with Gasteiger partial charge in [0, 0.05) is 12.8 Å². The molecule has 0 spiro atoms. The minimum Gasteiger partial charge on any atom is -0.462 e. The van der Waals surface area contributed by atoms with Gasteiger partial charge in [-0.15, -0.1) is 0 Å². The highest BCUT2D eigenvalue weighted by Gasteiger charge is 2.16. The highest BCUT2D eigenvalue weighted by Crippen LogP contribution is 2.13. The molecule has 0 aliphatic rings. The maximum Gasteiger partial charge on any atom is 0.306 e. The monoisotopic (exact) mass is 578 g/mol. The Morgan fingerprint density at radius 2 is 1.24 bits per heavy atom. The summed E-state index contributed by atoms with van der Waals surface area (Å²) in [5.74, 6) is -0.670. The number of esters is 2. The van der Waals surface area contributed by atoms with Gasteiger partial charge in [0.05, 0.1) is 12.7 Å². The van der Waals surface area contributed by atoms with Gasteiger partial charge in [0.15, 0.2) is 6.10 Å². The normalized spacial score (nSPS) is 13.4. The van der Waals surface area contributed by atoms with Gasteiger partial charge in [0.25, 0.3) is 0 Å². The molecule has 0 radical (unpaired) electrons. The van der Waals surface area contributed by atoms with Crippen LogP contribution in [0.25, 0.3) is 0 Å². The molecule has 0 aliphatic heterocycles. The van der Waals surface area contributed by atoms with E-state index in [4.69, 9.17) is 9.47 Å². The third-order valence-corrected chi connectivity index (χ3v) is 7.05. The zero-order chi connectivity index (χ0) is 30.2. The van der Waals surface area contributed by atoms with E-state index in [1.165, 1.54) is 51.4 Å². The molecule has 0 saturated carbocycles. The lowest BCUT2D eigenvalue weighted by Gasteiger charge is -2.15. The second-order valence-electron chi connectivity index (χ2n) is 11.1. The van der Waals surface area contributed by atoms with Crippen molar-refractivity contribution in [3.05, 3.63) is 36.5 Å². The van der Waals surface area contributed by atoms with Crippen molar-refractivity contribution in [2.24, 2.45) is 0 Å². The number of aliphatic hydroxyl groups excluding tert-OH is 2. The van der Waals surface area contributed by atoms with Crippen molar-refractivity contribution in [3.8, 4) is 0 Å². The van der Waals surface area contributed by atoms with E-state index < -0.39 is 12.2 Å². The van der Waals surface area contributed by atoms with Crippen LogP contribution in [0.15, 0.2) is 36.5 Å². The lowest BCUT2D eigenvalue weighted by molar-refractivity contribution is -0.161. The molecule has 41 heavy (non-hydrogen) atoms. The fraction of sp³-hybridized carbons (Fsp3) is 0.771. The zero-order valence-electron chi connectivity index (χ0n) is 26.4. The summed E-state index contributed by atoms with van der Waals surface area (Å²) in [5, 5.41) is 19.5. The molecule has 0 rings (SSSR count). The molecular weight excluding hydrogens is 516 g/mol. The molecule has 0 fully saturated rings. The molecular formula is C35H62O6. The molecule has 2 atom stereocenters. The van der Waals surface area contributed by atoms with E-state index in [9.17, 15) is 19.8 Å². The van der Waals surface area contributed by atoms with E-state index in [-0.39, 0.29) is 25.2 Å². The van der Waals surface area contributed by atoms with Gasteiger partial charge < -0.3 is 19.7 Å². The van der Waals surface area contributed by atoms with Gasteiger partial charge in [-0.25, -0.2) is 0 Å². The molecule has 0 saturated heterocycles. The Morgan fingerprint density at radius 1 is 0.683 bits per heavy atom. The minimum atomic E-state index is -0.798. The van der Waals surface area contributed by atoms with Crippen molar-refractivity contribution in [2.45, 2.75) is 161 Å². The summed E-state index contributed by atoms with van der Waals surface area (Å²) in [7, 11) is 0. The van der Waals surface area contributed by atoms with E-state index >= 15 is 0 Å². The van der Waals surface area contributed by atoms with Gasteiger partial charge in [-0.05, 0) is 32.1 Å². The molecule has 6 nitrogen and oxygen atoms in total. The van der Waals surface area contributed by atoms with Gasteiger partial charge in [-0.3, -0.25) is 9.59 Å². The topological polar surface area (TPSA) is 93.1 Å². The second-order valence-corrected chi connectivity index (χ2v) is 11.1. The third kappa shape index (κ3) is 29.4. The molecule has 0 amide bonds.